The Morgan fingerprint density at radius 1 is 1.05 bits per heavy atom. The van der Waals surface area contributed by atoms with Gasteiger partial charge in [0.25, 0.3) is 0 Å². The lowest BCUT2D eigenvalue weighted by molar-refractivity contribution is 0.573. The van der Waals surface area contributed by atoms with Crippen LogP contribution in [0.2, 0.25) is 5.02 Å². The van der Waals surface area contributed by atoms with E-state index in [1.807, 2.05) is 48.5 Å². The van der Waals surface area contributed by atoms with Gasteiger partial charge in [0.2, 0.25) is 5.89 Å². The molecule has 22 heavy (non-hydrogen) atoms. The summed E-state index contributed by atoms with van der Waals surface area (Å²) in [5.74, 6) is 1.37. The molecule has 0 N–H and O–H groups in total. The van der Waals surface area contributed by atoms with Crippen LogP contribution in [0, 0.1) is 0 Å². The maximum atomic E-state index is 12.2. The van der Waals surface area contributed by atoms with E-state index in [0.29, 0.717) is 28.1 Å². The average molecular weight is 332 g/mol. The summed E-state index contributed by atoms with van der Waals surface area (Å²) in [7, 11) is -1.05. The summed E-state index contributed by atoms with van der Waals surface area (Å²) in [6, 6.07) is 17.1. The van der Waals surface area contributed by atoms with E-state index in [9.17, 15) is 4.21 Å². The first-order valence-corrected chi connectivity index (χ1v) is 8.66. The summed E-state index contributed by atoms with van der Waals surface area (Å²) < 4.78 is 17.7. The smallest absolute Gasteiger partial charge is 0.226 e. The molecule has 2 aromatic carbocycles. The largest absolute Gasteiger partial charge is 0.444 e. The van der Waals surface area contributed by atoms with Crippen molar-refractivity contribution in [3.8, 4) is 11.5 Å². The monoisotopic (exact) mass is 331 g/mol. The van der Waals surface area contributed by atoms with Crippen LogP contribution in [-0.2, 0) is 22.3 Å². The molecule has 0 fully saturated rings. The fraction of sp³-hybridized carbons (Fsp3) is 0.118. The number of halogens is 1. The molecule has 3 nitrogen and oxygen atoms in total. The topological polar surface area (TPSA) is 43.1 Å². The van der Waals surface area contributed by atoms with E-state index < -0.39 is 10.8 Å². The Balaban J connectivity index is 1.66. The van der Waals surface area contributed by atoms with Crippen LogP contribution in [0.5, 0.6) is 0 Å². The second kappa shape index (κ2) is 6.90. The maximum Gasteiger partial charge on any atom is 0.226 e. The molecule has 0 saturated carbocycles. The summed E-state index contributed by atoms with van der Waals surface area (Å²) in [5, 5.41) is 0.655. The standard InChI is InChI=1S/C17H14ClNO2S/c18-15-8-4-5-13(9-15)11-22(20)12-16-10-21-17(19-16)14-6-2-1-3-7-14/h1-10H,11-12H2/t22-/m1/s1. The lowest BCUT2D eigenvalue weighted by Crippen LogP contribution is -1.99. The first-order chi connectivity index (χ1) is 10.7. The highest BCUT2D eigenvalue weighted by molar-refractivity contribution is 7.83. The van der Waals surface area contributed by atoms with Gasteiger partial charge < -0.3 is 4.42 Å². The molecule has 0 bridgehead atoms. The average Bonchev–Trinajstić information content (AvgIpc) is 2.96. The van der Waals surface area contributed by atoms with E-state index >= 15 is 0 Å². The van der Waals surface area contributed by atoms with Crippen molar-refractivity contribution in [2.75, 3.05) is 0 Å². The van der Waals surface area contributed by atoms with Gasteiger partial charge in [-0.1, -0.05) is 41.9 Å². The molecule has 0 aliphatic heterocycles. The zero-order chi connectivity index (χ0) is 15.4. The minimum Gasteiger partial charge on any atom is -0.444 e. The van der Waals surface area contributed by atoms with Gasteiger partial charge in [0.05, 0.1) is 11.4 Å². The molecule has 3 rings (SSSR count). The molecule has 0 unspecified atom stereocenters. The van der Waals surface area contributed by atoms with Crippen LogP contribution in [0.25, 0.3) is 11.5 Å². The molecule has 0 amide bonds. The lowest BCUT2D eigenvalue weighted by atomic mass is 10.2. The number of nitrogens with zero attached hydrogens (tertiary/aromatic N) is 1. The maximum absolute atomic E-state index is 12.2. The fourth-order valence-electron chi connectivity index (χ4n) is 2.12. The predicted octanol–water partition coefficient (Wildman–Crippen LogP) is 4.44. The number of hydrogen-bond donors (Lipinski definition) is 0. The third kappa shape index (κ3) is 3.84. The number of aromatic nitrogens is 1. The summed E-state index contributed by atoms with van der Waals surface area (Å²) in [4.78, 5) is 4.39. The Morgan fingerprint density at radius 2 is 1.86 bits per heavy atom. The Labute approximate surface area is 136 Å². The number of rotatable bonds is 5. The molecule has 1 heterocycles. The van der Waals surface area contributed by atoms with E-state index in [1.54, 1.807) is 12.3 Å². The molecule has 0 aliphatic rings. The van der Waals surface area contributed by atoms with E-state index in [2.05, 4.69) is 4.98 Å². The van der Waals surface area contributed by atoms with Crippen LogP contribution in [-0.4, -0.2) is 9.19 Å². The number of oxazole rings is 1. The first kappa shape index (κ1) is 15.0. The molecule has 0 spiro atoms. The van der Waals surface area contributed by atoms with Gasteiger partial charge in [0, 0.05) is 27.1 Å². The summed E-state index contributed by atoms with van der Waals surface area (Å²) in [6.07, 6.45) is 1.57. The van der Waals surface area contributed by atoms with Gasteiger partial charge in [-0.15, -0.1) is 0 Å². The summed E-state index contributed by atoms with van der Waals surface area (Å²) in [6.45, 7) is 0. The van der Waals surface area contributed by atoms with Crippen molar-refractivity contribution in [2.24, 2.45) is 0 Å². The Morgan fingerprint density at radius 3 is 2.64 bits per heavy atom. The molecule has 3 aromatic rings. The number of hydrogen-bond acceptors (Lipinski definition) is 3. The Kier molecular flexibility index (Phi) is 4.71. The Hall–Kier alpha value is -1.91. The molecule has 0 aliphatic carbocycles. The van der Waals surface area contributed by atoms with Gasteiger partial charge in [0.1, 0.15) is 6.26 Å². The van der Waals surface area contributed by atoms with E-state index in [0.717, 1.165) is 11.1 Å². The van der Waals surface area contributed by atoms with Crippen LogP contribution in [0.1, 0.15) is 11.3 Å². The molecule has 5 heteroatoms. The van der Waals surface area contributed by atoms with E-state index in [-0.39, 0.29) is 0 Å². The van der Waals surface area contributed by atoms with E-state index in [4.69, 9.17) is 16.0 Å². The van der Waals surface area contributed by atoms with Crippen molar-refractivity contribution < 1.29 is 8.63 Å². The van der Waals surface area contributed by atoms with Gasteiger partial charge in [-0.05, 0) is 29.8 Å². The highest BCUT2D eigenvalue weighted by atomic mass is 35.5. The SMILES string of the molecule is O=[S@](Cc1cccc(Cl)c1)Cc1coc(-c2ccccc2)n1. The summed E-state index contributed by atoms with van der Waals surface area (Å²) in [5.41, 5.74) is 2.56. The molecular formula is C17H14ClNO2S. The fourth-order valence-corrected chi connectivity index (χ4v) is 3.44. The molecule has 1 aromatic heterocycles. The molecule has 112 valence electrons. The second-order valence-electron chi connectivity index (χ2n) is 4.87. The van der Waals surface area contributed by atoms with Crippen molar-refractivity contribution in [3.05, 3.63) is 77.1 Å². The minimum absolute atomic E-state index is 0.364. The van der Waals surface area contributed by atoms with Crippen LogP contribution in [0.15, 0.2) is 65.3 Å². The molecule has 1 atom stereocenters. The van der Waals surface area contributed by atoms with Crippen molar-refractivity contribution in [1.82, 2.24) is 4.98 Å². The van der Waals surface area contributed by atoms with Crippen LogP contribution < -0.4 is 0 Å². The minimum atomic E-state index is -1.05. The van der Waals surface area contributed by atoms with Crippen molar-refractivity contribution in [2.45, 2.75) is 11.5 Å². The molecule has 0 saturated heterocycles. The van der Waals surface area contributed by atoms with Gasteiger partial charge in [-0.25, -0.2) is 4.98 Å². The second-order valence-corrected chi connectivity index (χ2v) is 6.76. The third-order valence-corrected chi connectivity index (χ3v) is 4.61. The van der Waals surface area contributed by atoms with Gasteiger partial charge in [-0.3, -0.25) is 4.21 Å². The van der Waals surface area contributed by atoms with Crippen LogP contribution in [0.4, 0.5) is 0 Å². The van der Waals surface area contributed by atoms with Crippen molar-refractivity contribution >= 4 is 22.4 Å². The van der Waals surface area contributed by atoms with Crippen molar-refractivity contribution in [1.29, 1.82) is 0 Å². The van der Waals surface area contributed by atoms with Gasteiger partial charge in [0.15, 0.2) is 0 Å². The third-order valence-electron chi connectivity index (χ3n) is 3.10. The highest BCUT2D eigenvalue weighted by Gasteiger charge is 2.10. The quantitative estimate of drug-likeness (QED) is 0.694. The number of benzene rings is 2. The zero-order valence-corrected chi connectivity index (χ0v) is 13.3. The summed E-state index contributed by atoms with van der Waals surface area (Å²) >= 11 is 5.93. The lowest BCUT2D eigenvalue weighted by Gasteiger charge is -2.01. The normalized spacial score (nSPS) is 12.2. The highest BCUT2D eigenvalue weighted by Crippen LogP contribution is 2.19. The molecule has 0 radical (unpaired) electrons. The zero-order valence-electron chi connectivity index (χ0n) is 11.7. The predicted molar refractivity (Wildman–Crippen MR) is 88.9 cm³/mol. The van der Waals surface area contributed by atoms with Gasteiger partial charge in [-0.2, -0.15) is 0 Å². The van der Waals surface area contributed by atoms with Gasteiger partial charge >= 0.3 is 0 Å². The van der Waals surface area contributed by atoms with Crippen LogP contribution in [0.3, 0.4) is 0 Å². The Bertz CT molecular complexity index is 786. The first-order valence-electron chi connectivity index (χ1n) is 6.80. The van der Waals surface area contributed by atoms with Crippen LogP contribution >= 0.6 is 11.6 Å². The molecular weight excluding hydrogens is 318 g/mol. The van der Waals surface area contributed by atoms with E-state index in [1.165, 1.54) is 0 Å². The van der Waals surface area contributed by atoms with Crippen molar-refractivity contribution in [3.63, 3.8) is 0 Å².